The van der Waals surface area contributed by atoms with Crippen LogP contribution in [0.15, 0.2) is 42.5 Å². The monoisotopic (exact) mass is 423 g/mol. The molecule has 2 rings (SSSR count). The molecule has 0 aliphatic carbocycles. The molecule has 2 aromatic carbocycles. The molecule has 0 saturated heterocycles. The van der Waals surface area contributed by atoms with Gasteiger partial charge < -0.3 is 20.3 Å². The molecule has 150 valence electrons. The molecule has 0 aliphatic rings. The number of halogens is 2. The fourth-order valence-electron chi connectivity index (χ4n) is 2.31. The molecule has 0 aliphatic heterocycles. The van der Waals surface area contributed by atoms with E-state index < -0.39 is 5.91 Å². The quantitative estimate of drug-likeness (QED) is 0.603. The van der Waals surface area contributed by atoms with Gasteiger partial charge in [0, 0.05) is 17.8 Å². The number of nitrogens with one attached hydrogen (secondary N) is 2. The van der Waals surface area contributed by atoms with Gasteiger partial charge in [0.15, 0.2) is 0 Å². The van der Waals surface area contributed by atoms with Gasteiger partial charge in [-0.3, -0.25) is 9.59 Å². The first-order valence-electron chi connectivity index (χ1n) is 8.76. The van der Waals surface area contributed by atoms with E-state index in [1.54, 1.807) is 30.3 Å². The Balaban J connectivity index is 1.76. The van der Waals surface area contributed by atoms with Gasteiger partial charge in [0.2, 0.25) is 5.91 Å². The molecule has 6 nitrogen and oxygen atoms in total. The van der Waals surface area contributed by atoms with Gasteiger partial charge in [0.05, 0.1) is 23.2 Å². The van der Waals surface area contributed by atoms with E-state index in [4.69, 9.17) is 27.9 Å². The lowest BCUT2D eigenvalue weighted by atomic mass is 10.2. The Labute approximate surface area is 174 Å². The molecule has 0 atom stereocenters. The van der Waals surface area contributed by atoms with Gasteiger partial charge in [-0.15, -0.1) is 0 Å². The van der Waals surface area contributed by atoms with Crippen LogP contribution in [-0.2, 0) is 4.79 Å². The molecule has 2 amide bonds. The number of ether oxygens (including phenoxy) is 1. The average Bonchev–Trinajstić information content (AvgIpc) is 2.66. The van der Waals surface area contributed by atoms with E-state index in [2.05, 4.69) is 15.5 Å². The predicted octanol–water partition coefficient (Wildman–Crippen LogP) is 3.69. The van der Waals surface area contributed by atoms with Crippen molar-refractivity contribution in [1.29, 1.82) is 0 Å². The summed E-state index contributed by atoms with van der Waals surface area (Å²) in [7, 11) is 4.04. The van der Waals surface area contributed by atoms with Crippen LogP contribution in [-0.4, -0.2) is 50.5 Å². The van der Waals surface area contributed by atoms with Gasteiger partial charge >= 0.3 is 0 Å². The maximum absolute atomic E-state index is 12.1. The molecular formula is C20H23Cl2N3O3. The minimum absolute atomic E-state index is 0.165. The average molecular weight is 424 g/mol. The summed E-state index contributed by atoms with van der Waals surface area (Å²) in [6.45, 7) is 1.43. The second kappa shape index (κ2) is 10.9. The molecule has 0 heterocycles. The van der Waals surface area contributed by atoms with Crippen LogP contribution in [0.1, 0.15) is 16.8 Å². The topological polar surface area (TPSA) is 70.7 Å². The molecule has 2 N–H and O–H groups in total. The van der Waals surface area contributed by atoms with E-state index in [9.17, 15) is 9.59 Å². The van der Waals surface area contributed by atoms with Crippen molar-refractivity contribution in [2.45, 2.75) is 6.42 Å². The Morgan fingerprint density at radius 3 is 2.39 bits per heavy atom. The minimum atomic E-state index is -0.407. The Kier molecular flexibility index (Phi) is 8.57. The number of nitrogens with zero attached hydrogens (tertiary/aromatic N) is 1. The number of benzene rings is 2. The first kappa shape index (κ1) is 22.0. The summed E-state index contributed by atoms with van der Waals surface area (Å²) in [5.41, 5.74) is 0.951. The highest BCUT2D eigenvalue weighted by Crippen LogP contribution is 2.22. The van der Waals surface area contributed by atoms with Gasteiger partial charge in [-0.25, -0.2) is 0 Å². The number of carbonyl (C=O) groups excluding carboxylic acids is 2. The third-order valence-corrected chi connectivity index (χ3v) is 4.49. The lowest BCUT2D eigenvalue weighted by Crippen LogP contribution is -2.32. The maximum atomic E-state index is 12.1. The van der Waals surface area contributed by atoms with E-state index in [-0.39, 0.29) is 17.5 Å². The normalized spacial score (nSPS) is 10.6. The van der Waals surface area contributed by atoms with Gasteiger partial charge in [-0.1, -0.05) is 23.2 Å². The molecule has 0 radical (unpaired) electrons. The number of rotatable bonds is 9. The van der Waals surface area contributed by atoms with Gasteiger partial charge in [-0.05, 0) is 63.0 Å². The van der Waals surface area contributed by atoms with Crippen molar-refractivity contribution in [3.05, 3.63) is 58.1 Å². The smallest absolute Gasteiger partial charge is 0.251 e. The van der Waals surface area contributed by atoms with E-state index in [0.29, 0.717) is 22.9 Å². The Hall–Kier alpha value is -2.28. The molecule has 0 saturated carbocycles. The zero-order chi connectivity index (χ0) is 20.5. The van der Waals surface area contributed by atoms with Crippen molar-refractivity contribution in [1.82, 2.24) is 10.2 Å². The lowest BCUT2D eigenvalue weighted by Gasteiger charge is -2.11. The number of hydrogen-bond donors (Lipinski definition) is 2. The summed E-state index contributed by atoms with van der Waals surface area (Å²) >= 11 is 11.7. The molecule has 0 spiro atoms. The highest BCUT2D eigenvalue weighted by atomic mass is 35.5. The summed E-state index contributed by atoms with van der Waals surface area (Å²) in [5, 5.41) is 5.90. The molecule has 2 aromatic rings. The number of carbonyl (C=O) groups is 2. The van der Waals surface area contributed by atoms with E-state index in [1.807, 2.05) is 14.1 Å². The van der Waals surface area contributed by atoms with Crippen LogP contribution in [0.5, 0.6) is 5.75 Å². The highest BCUT2D eigenvalue weighted by molar-refractivity contribution is 6.42. The summed E-state index contributed by atoms with van der Waals surface area (Å²) in [5.74, 6) is -0.00655. The second-order valence-corrected chi connectivity index (χ2v) is 7.20. The minimum Gasteiger partial charge on any atom is -0.494 e. The van der Waals surface area contributed by atoms with Crippen LogP contribution in [0, 0.1) is 0 Å². The summed E-state index contributed by atoms with van der Waals surface area (Å²) < 4.78 is 5.65. The third kappa shape index (κ3) is 7.38. The van der Waals surface area contributed by atoms with Gasteiger partial charge in [0.25, 0.3) is 5.91 Å². The molecular weight excluding hydrogens is 401 g/mol. The SMILES string of the molecule is CN(C)CCCOc1ccc(NC(=O)CNC(=O)c2ccc(Cl)c(Cl)c2)cc1. The second-order valence-electron chi connectivity index (χ2n) is 6.39. The van der Waals surface area contributed by atoms with E-state index in [1.165, 1.54) is 12.1 Å². The molecule has 28 heavy (non-hydrogen) atoms. The van der Waals surface area contributed by atoms with Crippen LogP contribution in [0.2, 0.25) is 10.0 Å². The van der Waals surface area contributed by atoms with Gasteiger partial charge in [-0.2, -0.15) is 0 Å². The largest absolute Gasteiger partial charge is 0.494 e. The zero-order valence-electron chi connectivity index (χ0n) is 15.8. The predicted molar refractivity (Wildman–Crippen MR) is 113 cm³/mol. The standard InChI is InChI=1S/C20H23Cl2N3O3/c1-25(2)10-3-11-28-16-7-5-15(6-8-16)24-19(26)13-23-20(27)14-4-9-17(21)18(22)12-14/h4-9,12H,3,10-11,13H2,1-2H3,(H,23,27)(H,24,26). The van der Waals surface area contributed by atoms with Crippen LogP contribution >= 0.6 is 23.2 Å². The van der Waals surface area contributed by atoms with E-state index >= 15 is 0 Å². The van der Waals surface area contributed by atoms with Crippen molar-refractivity contribution in [2.24, 2.45) is 0 Å². The zero-order valence-corrected chi connectivity index (χ0v) is 17.3. The summed E-state index contributed by atoms with van der Waals surface area (Å²) in [6.07, 6.45) is 0.935. The molecule has 0 fully saturated rings. The van der Waals surface area contributed by atoms with Crippen LogP contribution in [0.25, 0.3) is 0 Å². The number of anilines is 1. The van der Waals surface area contributed by atoms with Crippen LogP contribution in [0.3, 0.4) is 0 Å². The van der Waals surface area contributed by atoms with E-state index in [0.717, 1.165) is 18.7 Å². The fourth-order valence-corrected chi connectivity index (χ4v) is 2.61. The highest BCUT2D eigenvalue weighted by Gasteiger charge is 2.10. The Morgan fingerprint density at radius 1 is 1.04 bits per heavy atom. The summed E-state index contributed by atoms with van der Waals surface area (Å²) in [6, 6.07) is 11.6. The molecule has 0 unspecified atom stereocenters. The van der Waals surface area contributed by atoms with Crippen molar-refractivity contribution >= 4 is 40.7 Å². The molecule has 8 heteroatoms. The van der Waals surface area contributed by atoms with Crippen LogP contribution < -0.4 is 15.4 Å². The molecule has 0 aromatic heterocycles. The van der Waals surface area contributed by atoms with Gasteiger partial charge in [0.1, 0.15) is 5.75 Å². The Morgan fingerprint density at radius 2 is 1.75 bits per heavy atom. The first-order valence-corrected chi connectivity index (χ1v) is 9.51. The summed E-state index contributed by atoms with van der Waals surface area (Å²) in [4.78, 5) is 26.2. The third-order valence-electron chi connectivity index (χ3n) is 3.75. The van der Waals surface area contributed by atoms with Crippen LogP contribution in [0.4, 0.5) is 5.69 Å². The lowest BCUT2D eigenvalue weighted by molar-refractivity contribution is -0.115. The Bertz CT molecular complexity index is 811. The fraction of sp³-hybridized carbons (Fsp3) is 0.300. The number of hydrogen-bond acceptors (Lipinski definition) is 4. The van der Waals surface area contributed by atoms with Crippen molar-refractivity contribution < 1.29 is 14.3 Å². The van der Waals surface area contributed by atoms with Crippen molar-refractivity contribution in [3.8, 4) is 5.75 Å². The first-order chi connectivity index (χ1) is 13.3. The molecule has 0 bridgehead atoms. The number of amides is 2. The van der Waals surface area contributed by atoms with Crippen molar-refractivity contribution in [3.63, 3.8) is 0 Å². The maximum Gasteiger partial charge on any atom is 0.251 e. The van der Waals surface area contributed by atoms with Crippen molar-refractivity contribution in [2.75, 3.05) is 39.1 Å².